The van der Waals surface area contributed by atoms with Crippen molar-refractivity contribution in [2.45, 2.75) is 32.9 Å². The largest absolute Gasteiger partial charge is 0.382 e. The van der Waals surface area contributed by atoms with E-state index in [4.69, 9.17) is 0 Å². The second-order valence-corrected chi connectivity index (χ2v) is 5.34. The van der Waals surface area contributed by atoms with Crippen LogP contribution in [-0.2, 0) is 6.54 Å². The highest BCUT2D eigenvalue weighted by molar-refractivity contribution is 5.65. The van der Waals surface area contributed by atoms with Gasteiger partial charge in [-0.3, -0.25) is 4.68 Å². The van der Waals surface area contributed by atoms with Crippen LogP contribution in [0.2, 0.25) is 0 Å². The van der Waals surface area contributed by atoms with Gasteiger partial charge in [0, 0.05) is 38.1 Å². The van der Waals surface area contributed by atoms with Crippen molar-refractivity contribution in [3.8, 4) is 0 Å². The van der Waals surface area contributed by atoms with E-state index in [9.17, 15) is 0 Å². The van der Waals surface area contributed by atoms with E-state index in [1.165, 1.54) is 16.9 Å². The molecule has 0 unspecified atom stereocenters. The summed E-state index contributed by atoms with van der Waals surface area (Å²) in [6, 6.07) is 6.75. The van der Waals surface area contributed by atoms with E-state index in [0.29, 0.717) is 6.04 Å². The van der Waals surface area contributed by atoms with Crippen molar-refractivity contribution >= 4 is 11.4 Å². The molecule has 1 aromatic carbocycles. The molecule has 0 amide bonds. The summed E-state index contributed by atoms with van der Waals surface area (Å²) in [7, 11) is 4.14. The number of nitrogens with one attached hydrogen (secondary N) is 1. The fraction of sp³-hybridized carbons (Fsp3) is 0.467. The van der Waals surface area contributed by atoms with Crippen molar-refractivity contribution in [3.05, 3.63) is 36.4 Å². The summed E-state index contributed by atoms with van der Waals surface area (Å²) in [5.74, 6) is 0. The summed E-state index contributed by atoms with van der Waals surface area (Å²) in [6.45, 7) is 5.22. The minimum atomic E-state index is 0.385. The van der Waals surface area contributed by atoms with Gasteiger partial charge in [0.15, 0.2) is 0 Å². The minimum Gasteiger partial charge on any atom is -0.382 e. The number of anilines is 2. The van der Waals surface area contributed by atoms with Gasteiger partial charge >= 0.3 is 0 Å². The Hall–Kier alpha value is -2.04. The number of nitrogens with zero attached hydrogens (tertiary/aromatic N) is 4. The van der Waals surface area contributed by atoms with Crippen molar-refractivity contribution in [3.63, 3.8) is 0 Å². The van der Waals surface area contributed by atoms with Gasteiger partial charge in [-0.05, 0) is 38.0 Å². The molecule has 0 aliphatic carbocycles. The van der Waals surface area contributed by atoms with Gasteiger partial charge in [-0.25, -0.2) is 4.98 Å². The smallest absolute Gasteiger partial charge is 0.137 e. The number of hydrogen-bond donors (Lipinski definition) is 1. The summed E-state index contributed by atoms with van der Waals surface area (Å²) in [4.78, 5) is 6.09. The molecular weight excluding hydrogens is 250 g/mol. The minimum absolute atomic E-state index is 0.385. The van der Waals surface area contributed by atoms with Gasteiger partial charge in [-0.1, -0.05) is 6.07 Å². The predicted octanol–water partition coefficient (Wildman–Crippen LogP) is 2.54. The third kappa shape index (κ3) is 3.50. The van der Waals surface area contributed by atoms with Gasteiger partial charge in [0.05, 0.1) is 0 Å². The molecule has 1 aromatic heterocycles. The first-order valence-corrected chi connectivity index (χ1v) is 6.94. The summed E-state index contributed by atoms with van der Waals surface area (Å²) in [5, 5.41) is 7.70. The van der Waals surface area contributed by atoms with Crippen LogP contribution in [0.5, 0.6) is 0 Å². The highest BCUT2D eigenvalue weighted by atomic mass is 15.3. The van der Waals surface area contributed by atoms with Crippen LogP contribution in [0.4, 0.5) is 11.4 Å². The Labute approximate surface area is 120 Å². The van der Waals surface area contributed by atoms with Crippen molar-refractivity contribution < 1.29 is 0 Å². The molecule has 0 fully saturated rings. The van der Waals surface area contributed by atoms with Crippen LogP contribution < -0.4 is 10.2 Å². The van der Waals surface area contributed by atoms with E-state index < -0.39 is 0 Å². The molecule has 0 bridgehead atoms. The molecule has 1 atom stereocenters. The van der Waals surface area contributed by atoms with Gasteiger partial charge in [0.25, 0.3) is 0 Å². The number of aryl methyl sites for hydroxylation is 1. The van der Waals surface area contributed by atoms with E-state index >= 15 is 0 Å². The number of hydrogen-bond acceptors (Lipinski definition) is 4. The van der Waals surface area contributed by atoms with Crippen LogP contribution in [0.3, 0.4) is 0 Å². The monoisotopic (exact) mass is 273 g/mol. The quantitative estimate of drug-likeness (QED) is 0.878. The van der Waals surface area contributed by atoms with E-state index in [0.717, 1.165) is 13.0 Å². The average Bonchev–Trinajstić information content (AvgIpc) is 2.91. The molecule has 1 N–H and O–H groups in total. The Balaban J connectivity index is 1.97. The molecule has 0 saturated carbocycles. The van der Waals surface area contributed by atoms with E-state index in [-0.39, 0.29) is 0 Å². The normalized spacial score (nSPS) is 12.2. The Morgan fingerprint density at radius 2 is 2.15 bits per heavy atom. The van der Waals surface area contributed by atoms with Crippen LogP contribution in [0, 0.1) is 6.92 Å². The van der Waals surface area contributed by atoms with Crippen molar-refractivity contribution in [2.75, 3.05) is 24.3 Å². The number of aromatic nitrogens is 3. The van der Waals surface area contributed by atoms with Crippen LogP contribution >= 0.6 is 0 Å². The Morgan fingerprint density at radius 3 is 2.80 bits per heavy atom. The molecule has 1 heterocycles. The maximum Gasteiger partial charge on any atom is 0.137 e. The zero-order chi connectivity index (χ0) is 14.5. The zero-order valence-electron chi connectivity index (χ0n) is 12.7. The second kappa shape index (κ2) is 6.41. The van der Waals surface area contributed by atoms with Gasteiger partial charge in [0.1, 0.15) is 12.7 Å². The van der Waals surface area contributed by atoms with Gasteiger partial charge < -0.3 is 10.2 Å². The first-order valence-electron chi connectivity index (χ1n) is 6.94. The summed E-state index contributed by atoms with van der Waals surface area (Å²) < 4.78 is 1.86. The summed E-state index contributed by atoms with van der Waals surface area (Å²) >= 11 is 0. The molecule has 5 heteroatoms. The van der Waals surface area contributed by atoms with Crippen LogP contribution in [0.15, 0.2) is 30.9 Å². The maximum absolute atomic E-state index is 4.12. The van der Waals surface area contributed by atoms with Crippen LogP contribution in [-0.4, -0.2) is 34.9 Å². The summed E-state index contributed by atoms with van der Waals surface area (Å²) in [6.07, 6.45) is 4.34. The highest BCUT2D eigenvalue weighted by Crippen LogP contribution is 2.26. The first kappa shape index (κ1) is 14.4. The van der Waals surface area contributed by atoms with Gasteiger partial charge in [0.2, 0.25) is 0 Å². The molecule has 0 aliphatic rings. The van der Waals surface area contributed by atoms with Crippen LogP contribution in [0.25, 0.3) is 0 Å². The Morgan fingerprint density at radius 1 is 1.35 bits per heavy atom. The fourth-order valence-electron chi connectivity index (χ4n) is 2.28. The van der Waals surface area contributed by atoms with Crippen molar-refractivity contribution in [1.82, 2.24) is 14.8 Å². The maximum atomic E-state index is 4.12. The fourth-order valence-corrected chi connectivity index (χ4v) is 2.28. The molecule has 0 spiro atoms. The van der Waals surface area contributed by atoms with E-state index in [2.05, 4.69) is 66.4 Å². The zero-order valence-corrected chi connectivity index (χ0v) is 12.7. The standard InChI is InChI=1S/C15H23N5/c1-12(8-9-20-11-16-10-17-20)18-14-6-5-7-15(13(14)2)19(3)4/h5-7,10-12,18H,8-9H2,1-4H3/t12-/m0/s1. The Bertz CT molecular complexity index is 533. The van der Waals surface area contributed by atoms with E-state index in [1.54, 1.807) is 12.7 Å². The van der Waals surface area contributed by atoms with Crippen molar-refractivity contribution in [1.29, 1.82) is 0 Å². The molecule has 20 heavy (non-hydrogen) atoms. The molecular formula is C15H23N5. The van der Waals surface area contributed by atoms with Gasteiger partial charge in [-0.15, -0.1) is 0 Å². The van der Waals surface area contributed by atoms with Crippen molar-refractivity contribution in [2.24, 2.45) is 0 Å². The van der Waals surface area contributed by atoms with Crippen LogP contribution in [0.1, 0.15) is 18.9 Å². The SMILES string of the molecule is Cc1c(N[C@@H](C)CCn2cncn2)cccc1N(C)C. The van der Waals surface area contributed by atoms with E-state index in [1.807, 2.05) is 4.68 Å². The lowest BCUT2D eigenvalue weighted by atomic mass is 10.1. The molecule has 2 aromatic rings. The Kier molecular flexibility index (Phi) is 4.61. The average molecular weight is 273 g/mol. The lowest BCUT2D eigenvalue weighted by Crippen LogP contribution is -2.19. The molecule has 0 saturated heterocycles. The molecule has 5 nitrogen and oxygen atoms in total. The number of benzene rings is 1. The third-order valence-electron chi connectivity index (χ3n) is 3.45. The highest BCUT2D eigenvalue weighted by Gasteiger charge is 2.08. The molecule has 0 aliphatic heterocycles. The second-order valence-electron chi connectivity index (χ2n) is 5.34. The van der Waals surface area contributed by atoms with Gasteiger partial charge in [-0.2, -0.15) is 5.10 Å². The predicted molar refractivity (Wildman–Crippen MR) is 83.2 cm³/mol. The molecule has 2 rings (SSSR count). The lowest BCUT2D eigenvalue weighted by molar-refractivity contribution is 0.544. The topological polar surface area (TPSA) is 46.0 Å². The summed E-state index contributed by atoms with van der Waals surface area (Å²) in [5.41, 5.74) is 3.73. The lowest BCUT2D eigenvalue weighted by Gasteiger charge is -2.21. The third-order valence-corrected chi connectivity index (χ3v) is 3.45. The number of rotatable bonds is 6. The molecule has 0 radical (unpaired) electrons. The first-order chi connectivity index (χ1) is 9.58. The molecule has 108 valence electrons.